The fourth-order valence-corrected chi connectivity index (χ4v) is 4.77. The quantitative estimate of drug-likeness (QED) is 0.798. The minimum atomic E-state index is -0.480. The molecule has 164 valence electrons. The third-order valence-corrected chi connectivity index (χ3v) is 6.21. The first-order chi connectivity index (χ1) is 14.0. The summed E-state index contributed by atoms with van der Waals surface area (Å²) in [6.07, 6.45) is -0.260. The first kappa shape index (κ1) is 22.4. The van der Waals surface area contributed by atoms with Gasteiger partial charge in [0.25, 0.3) is 5.91 Å². The van der Waals surface area contributed by atoms with E-state index in [1.165, 1.54) is 11.3 Å². The van der Waals surface area contributed by atoms with Crippen LogP contribution in [0.5, 0.6) is 0 Å². The average molecular weight is 434 g/mol. The molecule has 0 aliphatic carbocycles. The standard InChI is InChI=1S/C21H31N5O3S/c1-13-16-14(2)23-15(3)24-19(16)30-17(13)18(27)22-7-8-25-9-11-26(12-10-25)20(28)29-21(4,5)6/h7-12H2,1-6H3,(H,22,27). The molecule has 1 N–H and O–H groups in total. The van der Waals surface area contributed by atoms with Gasteiger partial charge >= 0.3 is 6.09 Å². The number of fused-ring (bicyclic) bond motifs is 1. The SMILES string of the molecule is Cc1nc(C)c2c(C)c(C(=O)NCCN3CCN(C(=O)OC(C)(C)C)CC3)sc2n1. The Morgan fingerprint density at radius 2 is 1.77 bits per heavy atom. The Kier molecular flexibility index (Phi) is 6.62. The zero-order valence-corrected chi connectivity index (χ0v) is 19.5. The van der Waals surface area contributed by atoms with Crippen molar-refractivity contribution in [3.63, 3.8) is 0 Å². The van der Waals surface area contributed by atoms with Gasteiger partial charge in [-0.25, -0.2) is 14.8 Å². The van der Waals surface area contributed by atoms with Crippen LogP contribution < -0.4 is 5.32 Å². The fourth-order valence-electron chi connectivity index (χ4n) is 3.58. The second kappa shape index (κ2) is 8.85. The topological polar surface area (TPSA) is 87.7 Å². The summed E-state index contributed by atoms with van der Waals surface area (Å²) in [7, 11) is 0. The molecule has 0 unspecified atom stereocenters. The van der Waals surface area contributed by atoms with E-state index in [-0.39, 0.29) is 12.0 Å². The largest absolute Gasteiger partial charge is 0.444 e. The van der Waals surface area contributed by atoms with E-state index in [1.54, 1.807) is 4.90 Å². The number of thiophene rings is 1. The third kappa shape index (κ3) is 5.26. The molecule has 1 saturated heterocycles. The van der Waals surface area contributed by atoms with Crippen LogP contribution in [0.3, 0.4) is 0 Å². The molecule has 2 aromatic rings. The van der Waals surface area contributed by atoms with Gasteiger partial charge in [-0.1, -0.05) is 0 Å². The monoisotopic (exact) mass is 433 g/mol. The molecule has 1 fully saturated rings. The molecular weight excluding hydrogens is 402 g/mol. The van der Waals surface area contributed by atoms with Crippen LogP contribution in [-0.2, 0) is 4.74 Å². The maximum absolute atomic E-state index is 12.7. The van der Waals surface area contributed by atoms with E-state index >= 15 is 0 Å². The minimum Gasteiger partial charge on any atom is -0.444 e. The summed E-state index contributed by atoms with van der Waals surface area (Å²) in [6.45, 7) is 15.5. The van der Waals surface area contributed by atoms with Crippen LogP contribution in [0, 0.1) is 20.8 Å². The number of hydrogen-bond acceptors (Lipinski definition) is 7. The molecule has 30 heavy (non-hydrogen) atoms. The summed E-state index contributed by atoms with van der Waals surface area (Å²) < 4.78 is 5.43. The molecule has 0 saturated carbocycles. The molecule has 3 rings (SSSR count). The summed E-state index contributed by atoms with van der Waals surface area (Å²) in [5.74, 6) is 0.652. The van der Waals surface area contributed by atoms with Crippen LogP contribution in [-0.4, -0.2) is 76.6 Å². The summed E-state index contributed by atoms with van der Waals surface area (Å²) in [5.41, 5.74) is 1.37. The highest BCUT2D eigenvalue weighted by Gasteiger charge is 2.26. The van der Waals surface area contributed by atoms with Gasteiger partial charge in [0, 0.05) is 50.3 Å². The number of nitrogens with one attached hydrogen (secondary N) is 1. The van der Waals surface area contributed by atoms with Gasteiger partial charge in [-0.2, -0.15) is 0 Å². The molecule has 1 aliphatic heterocycles. The summed E-state index contributed by atoms with van der Waals surface area (Å²) in [6, 6.07) is 0. The number of ether oxygens (including phenoxy) is 1. The molecular formula is C21H31N5O3S. The van der Waals surface area contributed by atoms with E-state index in [0.717, 1.165) is 46.9 Å². The van der Waals surface area contributed by atoms with Gasteiger partial charge in [0.15, 0.2) is 0 Å². The normalized spacial score (nSPS) is 15.5. The maximum atomic E-state index is 12.7. The van der Waals surface area contributed by atoms with Crippen LogP contribution >= 0.6 is 11.3 Å². The Balaban J connectivity index is 1.49. The lowest BCUT2D eigenvalue weighted by molar-refractivity contribution is 0.0147. The third-order valence-electron chi connectivity index (χ3n) is 5.03. The molecule has 8 nitrogen and oxygen atoms in total. The molecule has 9 heteroatoms. The van der Waals surface area contributed by atoms with Crippen molar-refractivity contribution in [2.75, 3.05) is 39.3 Å². The lowest BCUT2D eigenvalue weighted by Crippen LogP contribution is -2.51. The Morgan fingerprint density at radius 3 is 2.40 bits per heavy atom. The number of aryl methyl sites for hydroxylation is 3. The van der Waals surface area contributed by atoms with E-state index in [2.05, 4.69) is 20.2 Å². The van der Waals surface area contributed by atoms with Crippen molar-refractivity contribution in [3.05, 3.63) is 22.0 Å². The van der Waals surface area contributed by atoms with Crippen molar-refractivity contribution in [2.45, 2.75) is 47.1 Å². The van der Waals surface area contributed by atoms with Gasteiger partial charge in [-0.15, -0.1) is 11.3 Å². The van der Waals surface area contributed by atoms with Crippen molar-refractivity contribution in [1.29, 1.82) is 0 Å². The minimum absolute atomic E-state index is 0.0695. The van der Waals surface area contributed by atoms with E-state index in [1.807, 2.05) is 41.5 Å². The van der Waals surface area contributed by atoms with Crippen LogP contribution in [0.1, 0.15) is 47.5 Å². The molecule has 2 aromatic heterocycles. The number of rotatable bonds is 4. The van der Waals surface area contributed by atoms with Gasteiger partial charge < -0.3 is 15.0 Å². The number of nitrogens with zero attached hydrogens (tertiary/aromatic N) is 4. The van der Waals surface area contributed by atoms with Crippen molar-refractivity contribution >= 4 is 33.6 Å². The van der Waals surface area contributed by atoms with Crippen molar-refractivity contribution in [3.8, 4) is 0 Å². The smallest absolute Gasteiger partial charge is 0.410 e. The fraction of sp³-hybridized carbons (Fsp3) is 0.619. The van der Waals surface area contributed by atoms with Gasteiger partial charge in [-0.3, -0.25) is 9.69 Å². The number of aromatic nitrogens is 2. The molecule has 0 spiro atoms. The van der Waals surface area contributed by atoms with E-state index in [0.29, 0.717) is 24.5 Å². The van der Waals surface area contributed by atoms with Crippen molar-refractivity contribution in [1.82, 2.24) is 25.1 Å². The number of carbonyl (C=O) groups excluding carboxylic acids is 2. The summed E-state index contributed by atoms with van der Waals surface area (Å²) in [5, 5.41) is 4.00. The number of carbonyl (C=O) groups is 2. The van der Waals surface area contributed by atoms with Crippen LogP contribution in [0.2, 0.25) is 0 Å². The van der Waals surface area contributed by atoms with Gasteiger partial charge in [-0.05, 0) is 47.1 Å². The number of hydrogen-bond donors (Lipinski definition) is 1. The zero-order valence-electron chi connectivity index (χ0n) is 18.7. The van der Waals surface area contributed by atoms with Gasteiger partial charge in [0.05, 0.1) is 4.88 Å². The zero-order chi connectivity index (χ0) is 22.1. The average Bonchev–Trinajstić information content (AvgIpc) is 2.97. The predicted octanol–water partition coefficient (Wildman–Crippen LogP) is 2.90. The molecule has 1 aliphatic rings. The van der Waals surface area contributed by atoms with Crippen molar-refractivity contribution < 1.29 is 14.3 Å². The summed E-state index contributed by atoms with van der Waals surface area (Å²) >= 11 is 1.42. The molecule has 3 heterocycles. The summed E-state index contributed by atoms with van der Waals surface area (Å²) in [4.78, 5) is 39.3. The molecule has 0 radical (unpaired) electrons. The number of piperazine rings is 1. The van der Waals surface area contributed by atoms with E-state index in [4.69, 9.17) is 4.74 Å². The van der Waals surface area contributed by atoms with Crippen LogP contribution in [0.25, 0.3) is 10.2 Å². The number of amides is 2. The Morgan fingerprint density at radius 1 is 1.10 bits per heavy atom. The lowest BCUT2D eigenvalue weighted by atomic mass is 10.1. The Labute approximate surface area is 181 Å². The molecule has 0 bridgehead atoms. The molecule has 0 aromatic carbocycles. The second-order valence-electron chi connectivity index (χ2n) is 8.66. The lowest BCUT2D eigenvalue weighted by Gasteiger charge is -2.35. The maximum Gasteiger partial charge on any atom is 0.410 e. The highest BCUT2D eigenvalue weighted by Crippen LogP contribution is 2.31. The highest BCUT2D eigenvalue weighted by molar-refractivity contribution is 7.20. The van der Waals surface area contributed by atoms with E-state index < -0.39 is 5.60 Å². The van der Waals surface area contributed by atoms with Crippen molar-refractivity contribution in [2.24, 2.45) is 0 Å². The first-order valence-corrected chi connectivity index (χ1v) is 11.1. The van der Waals surface area contributed by atoms with E-state index in [9.17, 15) is 9.59 Å². The Bertz CT molecular complexity index is 942. The molecule has 2 amide bonds. The van der Waals surface area contributed by atoms with Crippen LogP contribution in [0.4, 0.5) is 4.79 Å². The van der Waals surface area contributed by atoms with Crippen LogP contribution in [0.15, 0.2) is 0 Å². The molecule has 0 atom stereocenters. The Hall–Kier alpha value is -2.26. The first-order valence-electron chi connectivity index (χ1n) is 10.3. The second-order valence-corrected chi connectivity index (χ2v) is 9.66. The van der Waals surface area contributed by atoms with Gasteiger partial charge in [0.1, 0.15) is 16.3 Å². The predicted molar refractivity (Wildman–Crippen MR) is 118 cm³/mol. The van der Waals surface area contributed by atoms with Gasteiger partial charge in [0.2, 0.25) is 0 Å². The highest BCUT2D eigenvalue weighted by atomic mass is 32.1.